The van der Waals surface area contributed by atoms with Crippen LogP contribution in [-0.2, 0) is 10.0 Å². The minimum Gasteiger partial charge on any atom is -0.436 e. The lowest BCUT2D eigenvalue weighted by atomic mass is 9.91. The molecule has 0 aliphatic heterocycles. The van der Waals surface area contributed by atoms with E-state index in [2.05, 4.69) is 25.3 Å². The third-order valence-electron chi connectivity index (χ3n) is 6.74. The zero-order valence-corrected chi connectivity index (χ0v) is 21.9. The van der Waals surface area contributed by atoms with E-state index in [-0.39, 0.29) is 23.4 Å². The van der Waals surface area contributed by atoms with E-state index in [1.54, 1.807) is 18.2 Å². The number of rotatable bonds is 8. The fourth-order valence-electron chi connectivity index (χ4n) is 4.84. The second-order valence-corrected chi connectivity index (χ2v) is 11.2. The normalized spacial score (nSPS) is 13.5. The van der Waals surface area contributed by atoms with Gasteiger partial charge in [-0.3, -0.25) is 4.72 Å². The first-order chi connectivity index (χ1) is 18.3. The van der Waals surface area contributed by atoms with Crippen molar-refractivity contribution in [2.24, 2.45) is 0 Å². The standard InChI is InChI=1S/C28H26N6O3S/c1-3-13-38(35,36)33-19-7-9-22(18(2)14-19)27-24(16-29)23-10-8-21(15-26(23)34(27)20-5-4-6-20)37-28-25(17-30)31-11-12-32-28/h7-12,14-15,20,33H,3-6,13H2,1-2H3. The van der Waals surface area contributed by atoms with Gasteiger partial charge in [0.1, 0.15) is 17.9 Å². The summed E-state index contributed by atoms with van der Waals surface area (Å²) in [4.78, 5) is 8.14. The Hall–Kier alpha value is -4.41. The molecule has 4 aromatic rings. The molecular formula is C28H26N6O3S. The van der Waals surface area contributed by atoms with Gasteiger partial charge >= 0.3 is 0 Å². The fraction of sp³-hybridized carbons (Fsp3) is 0.286. The molecule has 0 radical (unpaired) electrons. The van der Waals surface area contributed by atoms with Gasteiger partial charge in [-0.15, -0.1) is 0 Å². The van der Waals surface area contributed by atoms with Crippen molar-refractivity contribution in [3.8, 4) is 35.0 Å². The monoisotopic (exact) mass is 526 g/mol. The number of nitrogens with one attached hydrogen (secondary N) is 1. The van der Waals surface area contributed by atoms with Crippen molar-refractivity contribution in [3.05, 3.63) is 65.6 Å². The van der Waals surface area contributed by atoms with Crippen LogP contribution in [0.4, 0.5) is 5.69 Å². The third kappa shape index (κ3) is 4.67. The van der Waals surface area contributed by atoms with E-state index in [1.807, 2.05) is 38.1 Å². The van der Waals surface area contributed by atoms with Gasteiger partial charge in [0.25, 0.3) is 5.88 Å². The Morgan fingerprint density at radius 3 is 2.55 bits per heavy atom. The van der Waals surface area contributed by atoms with Crippen molar-refractivity contribution >= 4 is 26.6 Å². The Labute approximate surface area is 221 Å². The third-order valence-corrected chi connectivity index (χ3v) is 8.23. The highest BCUT2D eigenvalue weighted by molar-refractivity contribution is 7.92. The Kier molecular flexibility index (Phi) is 6.75. The molecule has 1 aliphatic carbocycles. The van der Waals surface area contributed by atoms with Crippen LogP contribution in [0.3, 0.4) is 0 Å². The highest BCUT2D eigenvalue weighted by atomic mass is 32.2. The first kappa shape index (κ1) is 25.2. The summed E-state index contributed by atoms with van der Waals surface area (Å²) in [6, 6.07) is 15.5. The first-order valence-corrected chi connectivity index (χ1v) is 14.1. The van der Waals surface area contributed by atoms with Crippen molar-refractivity contribution in [3.63, 3.8) is 0 Å². The average molecular weight is 527 g/mol. The van der Waals surface area contributed by atoms with Crippen molar-refractivity contribution in [2.45, 2.75) is 45.6 Å². The number of hydrogen-bond acceptors (Lipinski definition) is 7. The minimum atomic E-state index is -3.42. The first-order valence-electron chi connectivity index (χ1n) is 12.4. The second-order valence-electron chi connectivity index (χ2n) is 9.34. The topological polar surface area (TPSA) is 134 Å². The number of anilines is 1. The Morgan fingerprint density at radius 1 is 1.11 bits per heavy atom. The summed E-state index contributed by atoms with van der Waals surface area (Å²) in [5.41, 5.74) is 4.53. The molecule has 1 N–H and O–H groups in total. The number of aromatic nitrogens is 3. The predicted molar refractivity (Wildman–Crippen MR) is 144 cm³/mol. The number of nitriles is 2. The van der Waals surface area contributed by atoms with Crippen LogP contribution in [0.1, 0.15) is 55.5 Å². The average Bonchev–Trinajstić information content (AvgIpc) is 3.16. The summed E-state index contributed by atoms with van der Waals surface area (Å²) in [6.45, 7) is 3.74. The highest BCUT2D eigenvalue weighted by Gasteiger charge is 2.29. The molecule has 38 heavy (non-hydrogen) atoms. The molecule has 0 bridgehead atoms. The van der Waals surface area contributed by atoms with E-state index < -0.39 is 10.0 Å². The molecule has 2 aromatic carbocycles. The summed E-state index contributed by atoms with van der Waals surface area (Å²) < 4.78 is 35.3. The molecule has 9 nitrogen and oxygen atoms in total. The SMILES string of the molecule is CCCS(=O)(=O)Nc1ccc(-c2c(C#N)c3ccc(Oc4nccnc4C#N)cc3n2C2CCC2)c(C)c1. The largest absolute Gasteiger partial charge is 0.436 e. The molecule has 0 unspecified atom stereocenters. The van der Waals surface area contributed by atoms with Crippen LogP contribution in [0, 0.1) is 29.6 Å². The molecule has 2 aromatic heterocycles. The van der Waals surface area contributed by atoms with Crippen molar-refractivity contribution in [2.75, 3.05) is 10.5 Å². The minimum absolute atomic E-state index is 0.0527. The van der Waals surface area contributed by atoms with Gasteiger partial charge in [-0.25, -0.2) is 18.4 Å². The molecule has 0 atom stereocenters. The zero-order chi connectivity index (χ0) is 26.9. The van der Waals surface area contributed by atoms with Crippen LogP contribution >= 0.6 is 0 Å². The van der Waals surface area contributed by atoms with Crippen LogP contribution in [0.15, 0.2) is 48.8 Å². The van der Waals surface area contributed by atoms with Gasteiger partial charge in [0.05, 0.1) is 22.5 Å². The van der Waals surface area contributed by atoms with Crippen LogP contribution in [0.25, 0.3) is 22.2 Å². The van der Waals surface area contributed by atoms with Gasteiger partial charge in [0.2, 0.25) is 15.7 Å². The van der Waals surface area contributed by atoms with E-state index in [0.29, 0.717) is 23.4 Å². The van der Waals surface area contributed by atoms with Gasteiger partial charge < -0.3 is 9.30 Å². The van der Waals surface area contributed by atoms with Crippen LogP contribution < -0.4 is 9.46 Å². The highest BCUT2D eigenvalue weighted by Crippen LogP contribution is 2.44. The molecule has 1 aliphatic rings. The van der Waals surface area contributed by atoms with Gasteiger partial charge in [-0.1, -0.05) is 13.0 Å². The summed E-state index contributed by atoms with van der Waals surface area (Å²) in [5.74, 6) is 0.659. The van der Waals surface area contributed by atoms with Crippen molar-refractivity contribution < 1.29 is 13.2 Å². The number of ether oxygens (including phenoxy) is 1. The maximum atomic E-state index is 12.3. The number of fused-ring (bicyclic) bond motifs is 1. The molecule has 0 amide bonds. The van der Waals surface area contributed by atoms with Crippen LogP contribution in [0.2, 0.25) is 0 Å². The molecular weight excluding hydrogens is 500 g/mol. The van der Waals surface area contributed by atoms with Gasteiger partial charge in [0, 0.05) is 41.1 Å². The number of benzene rings is 2. The van der Waals surface area contributed by atoms with Crippen molar-refractivity contribution in [1.29, 1.82) is 10.5 Å². The lowest BCUT2D eigenvalue weighted by molar-refractivity contribution is 0.324. The number of nitrogens with zero attached hydrogens (tertiary/aromatic N) is 5. The number of aryl methyl sites for hydroxylation is 1. The Bertz CT molecular complexity index is 1730. The molecule has 10 heteroatoms. The lowest BCUT2D eigenvalue weighted by Crippen LogP contribution is -2.18. The Morgan fingerprint density at radius 2 is 1.89 bits per heavy atom. The van der Waals surface area contributed by atoms with E-state index in [9.17, 15) is 18.9 Å². The molecule has 0 saturated heterocycles. The van der Waals surface area contributed by atoms with E-state index in [4.69, 9.17) is 4.74 Å². The summed E-state index contributed by atoms with van der Waals surface area (Å²) in [5, 5.41) is 20.4. The fourth-order valence-corrected chi connectivity index (χ4v) is 5.96. The molecule has 1 saturated carbocycles. The van der Waals surface area contributed by atoms with E-state index in [0.717, 1.165) is 47.0 Å². The summed E-state index contributed by atoms with van der Waals surface area (Å²) in [6.07, 6.45) is 6.51. The van der Waals surface area contributed by atoms with E-state index in [1.165, 1.54) is 12.4 Å². The summed E-state index contributed by atoms with van der Waals surface area (Å²) >= 11 is 0. The van der Waals surface area contributed by atoms with Gasteiger partial charge in [0.15, 0.2) is 0 Å². The molecule has 1 fully saturated rings. The summed E-state index contributed by atoms with van der Waals surface area (Å²) in [7, 11) is -3.42. The van der Waals surface area contributed by atoms with Crippen molar-refractivity contribution in [1.82, 2.24) is 14.5 Å². The molecule has 192 valence electrons. The molecule has 2 heterocycles. The van der Waals surface area contributed by atoms with E-state index >= 15 is 0 Å². The predicted octanol–water partition coefficient (Wildman–Crippen LogP) is 5.82. The molecule has 5 rings (SSSR count). The maximum absolute atomic E-state index is 12.3. The van der Waals surface area contributed by atoms with Crippen LogP contribution in [0.5, 0.6) is 11.6 Å². The van der Waals surface area contributed by atoms with Crippen LogP contribution in [-0.4, -0.2) is 28.7 Å². The Balaban J connectivity index is 1.63. The van der Waals surface area contributed by atoms with Gasteiger partial charge in [-0.05, 0) is 62.4 Å². The zero-order valence-electron chi connectivity index (χ0n) is 21.1. The number of hydrogen-bond donors (Lipinski definition) is 1. The number of sulfonamides is 1. The maximum Gasteiger partial charge on any atom is 0.256 e. The smallest absolute Gasteiger partial charge is 0.256 e. The molecule has 0 spiro atoms. The lowest BCUT2D eigenvalue weighted by Gasteiger charge is -2.30. The second kappa shape index (κ2) is 10.2. The quantitative estimate of drug-likeness (QED) is 0.306. The van der Waals surface area contributed by atoms with Gasteiger partial charge in [-0.2, -0.15) is 10.5 Å².